The van der Waals surface area contributed by atoms with Gasteiger partial charge < -0.3 is 5.11 Å². The second-order valence-corrected chi connectivity index (χ2v) is 7.77. The molecule has 2 aromatic rings. The molecule has 0 spiro atoms. The van der Waals surface area contributed by atoms with Gasteiger partial charge in [-0.2, -0.15) is 0 Å². The highest BCUT2D eigenvalue weighted by atomic mass is 16.3. The zero-order valence-electron chi connectivity index (χ0n) is 15.4. The van der Waals surface area contributed by atoms with Crippen LogP contribution in [0.15, 0.2) is 54.6 Å². The Kier molecular flexibility index (Phi) is 5.39. The third-order valence-electron chi connectivity index (χ3n) is 5.74. The largest absolute Gasteiger partial charge is 0.388 e. The summed E-state index contributed by atoms with van der Waals surface area (Å²) >= 11 is 0. The van der Waals surface area contributed by atoms with E-state index in [1.54, 1.807) is 0 Å². The van der Waals surface area contributed by atoms with Gasteiger partial charge in [0.1, 0.15) is 5.78 Å². The minimum absolute atomic E-state index is 0.0828. The van der Waals surface area contributed by atoms with Gasteiger partial charge in [0.05, 0.1) is 12.0 Å². The molecular formula is C23H28O2. The molecule has 2 nitrogen and oxygen atoms in total. The lowest BCUT2D eigenvalue weighted by molar-refractivity contribution is -0.138. The van der Waals surface area contributed by atoms with Crippen molar-refractivity contribution in [2.75, 3.05) is 0 Å². The Hall–Kier alpha value is -1.93. The number of hydrogen-bond donors (Lipinski definition) is 1. The van der Waals surface area contributed by atoms with Gasteiger partial charge in [0.2, 0.25) is 0 Å². The van der Waals surface area contributed by atoms with Gasteiger partial charge in [-0.15, -0.1) is 0 Å². The normalized spacial score (nSPS) is 25.2. The molecule has 1 saturated carbocycles. The second kappa shape index (κ2) is 7.53. The SMILES string of the molecule is CC(C)[C@H]1CC[C@H](C)[C@@H]([C@H](O)c2ccc(-c3ccccc3)cc2)C1=O. The summed E-state index contributed by atoms with van der Waals surface area (Å²) in [5.41, 5.74) is 3.12. The standard InChI is InChI=1S/C23H28O2/c1-15(2)20-14-9-16(3)21(23(20)25)22(24)19-12-10-18(11-13-19)17-7-5-4-6-8-17/h4-8,10-13,15-16,20-22,24H,9,14H2,1-3H3/t16-,20+,21-,22+/m0/s1. The molecule has 1 N–H and O–H groups in total. The first-order chi connectivity index (χ1) is 12.0. The summed E-state index contributed by atoms with van der Waals surface area (Å²) in [5, 5.41) is 10.9. The summed E-state index contributed by atoms with van der Waals surface area (Å²) in [6.45, 7) is 6.31. The number of carbonyl (C=O) groups excluding carboxylic acids is 1. The number of ketones is 1. The summed E-state index contributed by atoms with van der Waals surface area (Å²) in [5.74, 6) is 0.609. The van der Waals surface area contributed by atoms with Crippen LogP contribution in [0.25, 0.3) is 11.1 Å². The predicted octanol–water partition coefficient (Wildman–Crippen LogP) is 5.27. The molecule has 1 fully saturated rings. The molecule has 0 amide bonds. The molecule has 2 aromatic carbocycles. The van der Waals surface area contributed by atoms with E-state index in [1.807, 2.05) is 42.5 Å². The van der Waals surface area contributed by atoms with E-state index in [0.29, 0.717) is 5.92 Å². The molecule has 0 bridgehead atoms. The van der Waals surface area contributed by atoms with Gasteiger partial charge in [-0.1, -0.05) is 75.4 Å². The van der Waals surface area contributed by atoms with Crippen LogP contribution in [0.3, 0.4) is 0 Å². The summed E-state index contributed by atoms with van der Waals surface area (Å²) in [6, 6.07) is 18.2. The average molecular weight is 336 g/mol. The van der Waals surface area contributed by atoms with Crippen LogP contribution in [0.2, 0.25) is 0 Å². The molecule has 4 atom stereocenters. The van der Waals surface area contributed by atoms with Crippen LogP contribution >= 0.6 is 0 Å². The number of aliphatic hydroxyl groups is 1. The maximum Gasteiger partial charge on any atom is 0.142 e. The van der Waals surface area contributed by atoms with Crippen LogP contribution in [0.4, 0.5) is 0 Å². The van der Waals surface area contributed by atoms with Crippen LogP contribution in [0, 0.1) is 23.7 Å². The molecule has 0 aliphatic heterocycles. The molecule has 0 heterocycles. The molecule has 0 aromatic heterocycles. The van der Waals surface area contributed by atoms with Crippen molar-refractivity contribution in [1.82, 2.24) is 0 Å². The predicted molar refractivity (Wildman–Crippen MR) is 102 cm³/mol. The molecule has 0 radical (unpaired) electrons. The lowest BCUT2D eigenvalue weighted by Crippen LogP contribution is -2.39. The summed E-state index contributed by atoms with van der Waals surface area (Å²) in [7, 11) is 0. The van der Waals surface area contributed by atoms with Gasteiger partial charge in [0.25, 0.3) is 0 Å². The van der Waals surface area contributed by atoms with Crippen molar-refractivity contribution in [3.63, 3.8) is 0 Å². The molecule has 2 heteroatoms. The molecule has 0 unspecified atom stereocenters. The smallest absolute Gasteiger partial charge is 0.142 e. The highest BCUT2D eigenvalue weighted by molar-refractivity contribution is 5.85. The topological polar surface area (TPSA) is 37.3 Å². The van der Waals surface area contributed by atoms with Crippen LogP contribution < -0.4 is 0 Å². The number of hydrogen-bond acceptors (Lipinski definition) is 2. The van der Waals surface area contributed by atoms with E-state index in [9.17, 15) is 9.90 Å². The van der Waals surface area contributed by atoms with Crippen LogP contribution in [0.5, 0.6) is 0 Å². The van der Waals surface area contributed by atoms with Crippen molar-refractivity contribution in [2.45, 2.75) is 39.7 Å². The van der Waals surface area contributed by atoms with Crippen molar-refractivity contribution in [2.24, 2.45) is 23.7 Å². The minimum atomic E-state index is -0.714. The Morgan fingerprint density at radius 3 is 2.12 bits per heavy atom. The van der Waals surface area contributed by atoms with E-state index >= 15 is 0 Å². The van der Waals surface area contributed by atoms with E-state index in [0.717, 1.165) is 29.5 Å². The molecular weight excluding hydrogens is 308 g/mol. The number of carbonyl (C=O) groups is 1. The van der Waals surface area contributed by atoms with Crippen molar-refractivity contribution >= 4 is 5.78 Å². The second-order valence-electron chi connectivity index (χ2n) is 7.77. The Bertz CT molecular complexity index is 703. The van der Waals surface area contributed by atoms with Gasteiger partial charge in [0.15, 0.2) is 0 Å². The number of rotatable bonds is 4. The van der Waals surface area contributed by atoms with Crippen molar-refractivity contribution in [1.29, 1.82) is 0 Å². The van der Waals surface area contributed by atoms with Crippen molar-refractivity contribution < 1.29 is 9.90 Å². The lowest BCUT2D eigenvalue weighted by Gasteiger charge is -2.37. The minimum Gasteiger partial charge on any atom is -0.388 e. The van der Waals surface area contributed by atoms with Crippen molar-refractivity contribution in [3.05, 3.63) is 60.2 Å². The zero-order chi connectivity index (χ0) is 18.0. The summed E-state index contributed by atoms with van der Waals surface area (Å²) < 4.78 is 0. The first-order valence-corrected chi connectivity index (χ1v) is 9.36. The van der Waals surface area contributed by atoms with Gasteiger partial charge in [0, 0.05) is 5.92 Å². The number of aliphatic hydroxyl groups excluding tert-OH is 1. The fourth-order valence-electron chi connectivity index (χ4n) is 4.13. The van der Waals surface area contributed by atoms with Crippen LogP contribution in [-0.4, -0.2) is 10.9 Å². The molecule has 1 aliphatic rings. The Morgan fingerprint density at radius 2 is 1.52 bits per heavy atom. The Labute approximate surface area is 150 Å². The molecule has 132 valence electrons. The van der Waals surface area contributed by atoms with E-state index in [-0.39, 0.29) is 23.5 Å². The van der Waals surface area contributed by atoms with E-state index in [4.69, 9.17) is 0 Å². The molecule has 25 heavy (non-hydrogen) atoms. The van der Waals surface area contributed by atoms with Crippen LogP contribution in [0.1, 0.15) is 45.3 Å². The number of Topliss-reactive ketones (excluding diaryl/α,β-unsaturated/α-hetero) is 1. The highest BCUT2D eigenvalue weighted by Crippen LogP contribution is 2.41. The monoisotopic (exact) mass is 336 g/mol. The van der Waals surface area contributed by atoms with E-state index in [1.165, 1.54) is 0 Å². The van der Waals surface area contributed by atoms with E-state index < -0.39 is 6.10 Å². The molecule has 1 aliphatic carbocycles. The van der Waals surface area contributed by atoms with Crippen LogP contribution in [-0.2, 0) is 4.79 Å². The third kappa shape index (κ3) is 3.69. The molecule has 3 rings (SSSR count). The quantitative estimate of drug-likeness (QED) is 0.825. The molecule has 0 saturated heterocycles. The summed E-state index contributed by atoms with van der Waals surface area (Å²) in [4.78, 5) is 12.9. The highest BCUT2D eigenvalue weighted by Gasteiger charge is 2.41. The maximum absolute atomic E-state index is 12.9. The van der Waals surface area contributed by atoms with Gasteiger partial charge in [-0.05, 0) is 41.4 Å². The van der Waals surface area contributed by atoms with Gasteiger partial charge in [-0.25, -0.2) is 0 Å². The first-order valence-electron chi connectivity index (χ1n) is 9.36. The fraction of sp³-hybridized carbons (Fsp3) is 0.435. The Morgan fingerprint density at radius 1 is 0.920 bits per heavy atom. The van der Waals surface area contributed by atoms with E-state index in [2.05, 4.69) is 32.9 Å². The maximum atomic E-state index is 12.9. The average Bonchev–Trinajstić information content (AvgIpc) is 2.62. The Balaban J connectivity index is 1.82. The fourth-order valence-corrected chi connectivity index (χ4v) is 4.13. The first kappa shape index (κ1) is 17.9. The van der Waals surface area contributed by atoms with Crippen molar-refractivity contribution in [3.8, 4) is 11.1 Å². The number of benzene rings is 2. The zero-order valence-corrected chi connectivity index (χ0v) is 15.4. The summed E-state index contributed by atoms with van der Waals surface area (Å²) in [6.07, 6.45) is 1.25. The van der Waals surface area contributed by atoms with Gasteiger partial charge >= 0.3 is 0 Å². The lowest BCUT2D eigenvalue weighted by atomic mass is 9.67. The van der Waals surface area contributed by atoms with Gasteiger partial charge in [-0.3, -0.25) is 4.79 Å². The third-order valence-corrected chi connectivity index (χ3v) is 5.74.